The molecule has 0 saturated heterocycles. The molecule has 0 fully saturated rings. The number of hydrogen-bond acceptors (Lipinski definition) is 4. The molecule has 0 saturated carbocycles. The average molecular weight is 342 g/mol. The van der Waals surface area contributed by atoms with Crippen molar-refractivity contribution in [2.24, 2.45) is 0 Å². The summed E-state index contributed by atoms with van der Waals surface area (Å²) in [6.45, 7) is 0.513. The minimum Gasteiger partial charge on any atom is -1.00 e. The summed E-state index contributed by atoms with van der Waals surface area (Å²) in [6, 6.07) is 9.19. The van der Waals surface area contributed by atoms with E-state index in [4.69, 9.17) is 23.2 Å². The van der Waals surface area contributed by atoms with Gasteiger partial charge in [0.05, 0.1) is 16.6 Å². The summed E-state index contributed by atoms with van der Waals surface area (Å²) in [5.41, 5.74) is 1.70. The third-order valence-corrected chi connectivity index (χ3v) is 3.60. The normalized spacial score (nSPS) is 10.2. The maximum atomic E-state index is 6.21. The van der Waals surface area contributed by atoms with Gasteiger partial charge >= 0.3 is 0 Å². The van der Waals surface area contributed by atoms with Crippen molar-refractivity contribution in [1.82, 2.24) is 25.2 Å². The Hall–Kier alpha value is -1.69. The first kappa shape index (κ1) is 15.7. The molecule has 1 aromatic carbocycles. The molecule has 0 bridgehead atoms. The van der Waals surface area contributed by atoms with E-state index < -0.39 is 0 Å². The van der Waals surface area contributed by atoms with Gasteiger partial charge in [-0.25, -0.2) is 4.68 Å². The zero-order valence-electron chi connectivity index (χ0n) is 10.6. The summed E-state index contributed by atoms with van der Waals surface area (Å²) in [4.78, 5) is 4.07. The van der Waals surface area contributed by atoms with Crippen molar-refractivity contribution in [1.29, 1.82) is 0 Å². The molecule has 0 atom stereocenters. The van der Waals surface area contributed by atoms with E-state index in [0.29, 0.717) is 28.0 Å². The number of nitrogens with zero attached hydrogens (tertiary/aromatic N) is 5. The number of halogens is 3. The number of hydrogen-bond donors (Lipinski definition) is 0. The molecule has 3 rings (SSSR count). The second kappa shape index (κ2) is 6.85. The fourth-order valence-electron chi connectivity index (χ4n) is 1.85. The topological polar surface area (TPSA) is 56.5 Å². The molecule has 0 aliphatic carbocycles. The fourth-order valence-corrected chi connectivity index (χ4v) is 2.23. The van der Waals surface area contributed by atoms with Crippen LogP contribution in [0.5, 0.6) is 0 Å². The van der Waals surface area contributed by atoms with Crippen molar-refractivity contribution >= 4 is 23.2 Å². The van der Waals surface area contributed by atoms with Crippen molar-refractivity contribution in [3.8, 4) is 11.4 Å². The van der Waals surface area contributed by atoms with Crippen molar-refractivity contribution < 1.29 is 12.4 Å². The van der Waals surface area contributed by atoms with Gasteiger partial charge in [-0.05, 0) is 34.2 Å². The Kier molecular flexibility index (Phi) is 5.12. The van der Waals surface area contributed by atoms with E-state index in [1.807, 2.05) is 24.3 Å². The molecule has 0 unspecified atom stereocenters. The van der Waals surface area contributed by atoms with Crippen LogP contribution in [0.4, 0.5) is 0 Å². The molecule has 3 aromatic rings. The largest absolute Gasteiger partial charge is 1.00 e. The monoisotopic (exact) mass is 340 g/mol. The zero-order valence-corrected chi connectivity index (χ0v) is 12.9. The Morgan fingerprint density at radius 1 is 1.10 bits per heavy atom. The maximum Gasteiger partial charge on any atom is 0.183 e. The highest BCUT2D eigenvalue weighted by molar-refractivity contribution is 6.43. The van der Waals surface area contributed by atoms with Crippen molar-refractivity contribution in [3.63, 3.8) is 0 Å². The van der Waals surface area contributed by atoms with Gasteiger partial charge in [-0.1, -0.05) is 35.3 Å². The van der Waals surface area contributed by atoms with Gasteiger partial charge < -0.3 is 12.4 Å². The van der Waals surface area contributed by atoms with Crippen LogP contribution < -0.4 is 12.4 Å². The highest BCUT2D eigenvalue weighted by Crippen LogP contribution is 2.32. The molecule has 0 aliphatic rings. The molecule has 2 heterocycles. The van der Waals surface area contributed by atoms with Crippen molar-refractivity contribution in [3.05, 3.63) is 58.3 Å². The second-order valence-electron chi connectivity index (χ2n) is 4.12. The molecular formula is C13H9Cl3N5-. The number of benzene rings is 1. The quantitative estimate of drug-likeness (QED) is 0.678. The van der Waals surface area contributed by atoms with Crippen LogP contribution >= 0.6 is 23.2 Å². The van der Waals surface area contributed by atoms with E-state index >= 15 is 0 Å². The summed E-state index contributed by atoms with van der Waals surface area (Å²) in [7, 11) is 0. The van der Waals surface area contributed by atoms with Gasteiger partial charge in [-0.2, -0.15) is 0 Å². The molecule has 2 aromatic heterocycles. The molecule has 0 amide bonds. The minimum absolute atomic E-state index is 0. The molecule has 0 N–H and O–H groups in total. The average Bonchev–Trinajstić information content (AvgIpc) is 2.91. The molecular weight excluding hydrogens is 333 g/mol. The van der Waals surface area contributed by atoms with Gasteiger partial charge in [0.2, 0.25) is 0 Å². The predicted octanol–water partition coefficient (Wildman–Crippen LogP) is 0.0942. The third-order valence-electron chi connectivity index (χ3n) is 2.78. The first-order chi connectivity index (χ1) is 9.75. The van der Waals surface area contributed by atoms with Crippen LogP contribution in [0.2, 0.25) is 10.0 Å². The SMILES string of the molecule is Clc1cccc(-c2nnnn2Cc2cccnc2)c1Cl.[Cl-]. The standard InChI is InChI=1S/C13H9Cl2N5.ClH/c14-11-5-1-4-10(12(11)15)13-17-18-19-20(13)8-9-3-2-6-16-7-9;/h1-7H,8H2;1H/p-1. The number of tetrazole rings is 1. The zero-order chi connectivity index (χ0) is 13.9. The Labute approximate surface area is 137 Å². The first-order valence-corrected chi connectivity index (χ1v) is 6.61. The molecule has 0 aliphatic heterocycles. The molecule has 0 radical (unpaired) electrons. The lowest BCUT2D eigenvalue weighted by molar-refractivity contribution is -0.00000401. The molecule has 108 valence electrons. The Bertz CT molecular complexity index is 730. The smallest absolute Gasteiger partial charge is 0.183 e. The predicted molar refractivity (Wildman–Crippen MR) is 76.6 cm³/mol. The van der Waals surface area contributed by atoms with Gasteiger partial charge in [0.25, 0.3) is 0 Å². The minimum atomic E-state index is 0. The highest BCUT2D eigenvalue weighted by Gasteiger charge is 2.14. The maximum absolute atomic E-state index is 6.21. The fraction of sp³-hybridized carbons (Fsp3) is 0.0769. The van der Waals surface area contributed by atoms with E-state index in [-0.39, 0.29) is 12.4 Å². The van der Waals surface area contributed by atoms with E-state index in [0.717, 1.165) is 5.56 Å². The van der Waals surface area contributed by atoms with Gasteiger partial charge in [-0.15, -0.1) is 5.10 Å². The number of aromatic nitrogens is 5. The van der Waals surface area contributed by atoms with Crippen molar-refractivity contribution in [2.75, 3.05) is 0 Å². The highest BCUT2D eigenvalue weighted by atomic mass is 35.5. The van der Waals surface area contributed by atoms with Crippen LogP contribution in [0.3, 0.4) is 0 Å². The molecule has 21 heavy (non-hydrogen) atoms. The van der Waals surface area contributed by atoms with Gasteiger partial charge in [-0.3, -0.25) is 4.98 Å². The van der Waals surface area contributed by atoms with Crippen LogP contribution in [0, 0.1) is 0 Å². The summed E-state index contributed by atoms with van der Waals surface area (Å²) < 4.78 is 1.66. The number of rotatable bonds is 3. The van der Waals surface area contributed by atoms with Gasteiger partial charge in [0.15, 0.2) is 5.82 Å². The van der Waals surface area contributed by atoms with Crippen LogP contribution in [0.25, 0.3) is 11.4 Å². The van der Waals surface area contributed by atoms with Gasteiger partial charge in [0.1, 0.15) is 0 Å². The summed E-state index contributed by atoms with van der Waals surface area (Å²) in [5, 5.41) is 12.6. The lowest BCUT2D eigenvalue weighted by atomic mass is 10.2. The summed E-state index contributed by atoms with van der Waals surface area (Å²) in [5.74, 6) is 0.571. The van der Waals surface area contributed by atoms with Crippen LogP contribution in [0.1, 0.15) is 5.56 Å². The lowest BCUT2D eigenvalue weighted by Crippen LogP contribution is -3.00. The van der Waals surface area contributed by atoms with Crippen LogP contribution in [-0.2, 0) is 6.54 Å². The van der Waals surface area contributed by atoms with E-state index in [9.17, 15) is 0 Å². The van der Waals surface area contributed by atoms with Gasteiger partial charge in [0, 0.05) is 18.0 Å². The van der Waals surface area contributed by atoms with E-state index in [1.54, 1.807) is 23.1 Å². The van der Waals surface area contributed by atoms with Crippen molar-refractivity contribution in [2.45, 2.75) is 6.54 Å². The lowest BCUT2D eigenvalue weighted by Gasteiger charge is -2.06. The Morgan fingerprint density at radius 3 is 2.71 bits per heavy atom. The number of pyridine rings is 1. The first-order valence-electron chi connectivity index (χ1n) is 5.85. The molecule has 5 nitrogen and oxygen atoms in total. The Morgan fingerprint density at radius 2 is 1.95 bits per heavy atom. The van der Waals surface area contributed by atoms with Crippen LogP contribution in [0.15, 0.2) is 42.7 Å². The Balaban J connectivity index is 0.00000161. The van der Waals surface area contributed by atoms with E-state index in [1.165, 1.54) is 0 Å². The van der Waals surface area contributed by atoms with Crippen LogP contribution in [-0.4, -0.2) is 25.2 Å². The second-order valence-corrected chi connectivity index (χ2v) is 4.91. The third kappa shape index (κ3) is 3.32. The molecule has 0 spiro atoms. The molecule has 8 heteroatoms. The summed E-state index contributed by atoms with van der Waals surface area (Å²) in [6.07, 6.45) is 3.49. The summed E-state index contributed by atoms with van der Waals surface area (Å²) >= 11 is 12.2. The van der Waals surface area contributed by atoms with E-state index in [2.05, 4.69) is 20.5 Å².